The molecule has 3 N–H and O–H groups in total. The minimum absolute atomic E-state index is 0.0975. The van der Waals surface area contributed by atoms with Gasteiger partial charge in [-0.1, -0.05) is 6.07 Å². The molecule has 0 spiro atoms. The molecule has 1 aliphatic carbocycles. The summed E-state index contributed by atoms with van der Waals surface area (Å²) in [7, 11) is 3.31. The lowest BCUT2D eigenvalue weighted by atomic mass is 9.93. The molecule has 0 bridgehead atoms. The molecule has 180 valence electrons. The van der Waals surface area contributed by atoms with Gasteiger partial charge >= 0.3 is 0 Å². The summed E-state index contributed by atoms with van der Waals surface area (Å²) in [6, 6.07) is 14.6. The topological polar surface area (TPSA) is 109 Å². The van der Waals surface area contributed by atoms with Gasteiger partial charge in [0, 0.05) is 30.5 Å². The highest BCUT2D eigenvalue weighted by Gasteiger charge is 2.23. The number of pyridine rings is 1. The number of aromatic hydroxyl groups is 1. The number of phenolic OH excluding ortho intramolecular Hbond substituents is 1. The molecule has 8 nitrogen and oxygen atoms in total. The van der Waals surface area contributed by atoms with Crippen molar-refractivity contribution < 1.29 is 19.4 Å². The number of carbonyl (C=O) groups is 1. The highest BCUT2D eigenvalue weighted by Crippen LogP contribution is 2.35. The van der Waals surface area contributed by atoms with Crippen LogP contribution in [0.4, 0.5) is 0 Å². The molecule has 1 amide bonds. The van der Waals surface area contributed by atoms with Crippen LogP contribution in [-0.2, 0) is 4.74 Å². The Balaban J connectivity index is 1.40. The van der Waals surface area contributed by atoms with Gasteiger partial charge in [-0.3, -0.25) is 4.79 Å². The fourth-order valence-electron chi connectivity index (χ4n) is 4.66. The predicted molar refractivity (Wildman–Crippen MR) is 133 cm³/mol. The molecule has 2 aromatic carbocycles. The molecular formula is C27H28N4O4. The van der Waals surface area contributed by atoms with Crippen LogP contribution in [0.2, 0.25) is 0 Å². The van der Waals surface area contributed by atoms with E-state index >= 15 is 0 Å². The lowest BCUT2D eigenvalue weighted by Crippen LogP contribution is -2.38. The number of hydrogen-bond donors (Lipinski definition) is 3. The smallest absolute Gasteiger partial charge is 0.251 e. The summed E-state index contributed by atoms with van der Waals surface area (Å²) in [5.41, 5.74) is 4.20. The van der Waals surface area contributed by atoms with Gasteiger partial charge in [-0.25, -0.2) is 9.97 Å². The second-order valence-electron chi connectivity index (χ2n) is 8.79. The monoisotopic (exact) mass is 472 g/mol. The molecule has 5 rings (SSSR count). The number of methoxy groups -OCH3 is 2. The summed E-state index contributed by atoms with van der Waals surface area (Å²) in [4.78, 5) is 25.0. The number of rotatable bonds is 6. The SMILES string of the molecule is COc1ncccc1-c1ccc(O)c(-c2nc3ccc(C(=O)NC4CCC(OC)CC4)cc3[nH]2)c1. The number of phenols is 1. The van der Waals surface area contributed by atoms with Gasteiger partial charge in [-0.2, -0.15) is 0 Å². The number of nitrogens with one attached hydrogen (secondary N) is 2. The van der Waals surface area contributed by atoms with Gasteiger partial charge < -0.3 is 24.9 Å². The number of aromatic nitrogens is 3. The summed E-state index contributed by atoms with van der Waals surface area (Å²) in [6.45, 7) is 0. The van der Waals surface area contributed by atoms with Crippen molar-refractivity contribution in [3.05, 3.63) is 60.3 Å². The third kappa shape index (κ3) is 4.70. The molecule has 2 aromatic heterocycles. The van der Waals surface area contributed by atoms with Crippen LogP contribution in [0.15, 0.2) is 54.7 Å². The van der Waals surface area contributed by atoms with Crippen LogP contribution in [0.5, 0.6) is 11.6 Å². The van der Waals surface area contributed by atoms with Gasteiger partial charge in [0.2, 0.25) is 5.88 Å². The Morgan fingerprint density at radius 1 is 1.06 bits per heavy atom. The molecule has 0 atom stereocenters. The first-order valence-corrected chi connectivity index (χ1v) is 11.7. The second-order valence-corrected chi connectivity index (χ2v) is 8.79. The first-order valence-electron chi connectivity index (χ1n) is 11.7. The number of aromatic amines is 1. The van der Waals surface area contributed by atoms with Crippen molar-refractivity contribution in [2.75, 3.05) is 14.2 Å². The average Bonchev–Trinajstić information content (AvgIpc) is 3.32. The van der Waals surface area contributed by atoms with E-state index in [0.717, 1.165) is 42.3 Å². The van der Waals surface area contributed by atoms with Crippen LogP contribution >= 0.6 is 0 Å². The zero-order chi connectivity index (χ0) is 24.4. The zero-order valence-electron chi connectivity index (χ0n) is 19.7. The molecule has 0 saturated heterocycles. The Bertz CT molecular complexity index is 1360. The first kappa shape index (κ1) is 22.9. The van der Waals surface area contributed by atoms with Gasteiger partial charge in [0.15, 0.2) is 0 Å². The quantitative estimate of drug-likeness (QED) is 0.376. The minimum atomic E-state index is -0.0996. The maximum Gasteiger partial charge on any atom is 0.251 e. The van der Waals surface area contributed by atoms with E-state index in [4.69, 9.17) is 9.47 Å². The number of ether oxygens (including phenoxy) is 2. The van der Waals surface area contributed by atoms with Gasteiger partial charge in [0.05, 0.1) is 29.8 Å². The highest BCUT2D eigenvalue weighted by atomic mass is 16.5. The lowest BCUT2D eigenvalue weighted by Gasteiger charge is -2.28. The zero-order valence-corrected chi connectivity index (χ0v) is 19.7. The molecule has 1 fully saturated rings. The van der Waals surface area contributed by atoms with E-state index in [1.54, 1.807) is 38.6 Å². The molecule has 35 heavy (non-hydrogen) atoms. The van der Waals surface area contributed by atoms with Crippen LogP contribution in [0.25, 0.3) is 33.5 Å². The highest BCUT2D eigenvalue weighted by molar-refractivity contribution is 5.98. The summed E-state index contributed by atoms with van der Waals surface area (Å²) in [5.74, 6) is 1.01. The number of fused-ring (bicyclic) bond motifs is 1. The van der Waals surface area contributed by atoms with Gasteiger partial charge in [-0.15, -0.1) is 0 Å². The van der Waals surface area contributed by atoms with Crippen molar-refractivity contribution in [2.45, 2.75) is 37.8 Å². The predicted octanol–water partition coefficient (Wildman–Crippen LogP) is 4.69. The molecule has 8 heteroatoms. The molecule has 2 heterocycles. The van der Waals surface area contributed by atoms with Crippen molar-refractivity contribution in [3.63, 3.8) is 0 Å². The summed E-state index contributed by atoms with van der Waals surface area (Å²) >= 11 is 0. The molecule has 1 saturated carbocycles. The largest absolute Gasteiger partial charge is 0.507 e. The molecule has 4 aromatic rings. The number of amides is 1. The van der Waals surface area contributed by atoms with Crippen molar-refractivity contribution in [2.24, 2.45) is 0 Å². The molecular weight excluding hydrogens is 444 g/mol. The Morgan fingerprint density at radius 2 is 1.89 bits per heavy atom. The van der Waals surface area contributed by atoms with E-state index in [9.17, 15) is 9.90 Å². The van der Waals surface area contributed by atoms with Crippen LogP contribution in [-0.4, -0.2) is 52.3 Å². The number of H-pyrrole nitrogens is 1. The van der Waals surface area contributed by atoms with Crippen molar-refractivity contribution in [1.29, 1.82) is 0 Å². The number of benzene rings is 2. The number of hydrogen-bond acceptors (Lipinski definition) is 6. The molecule has 0 aliphatic heterocycles. The fourth-order valence-corrected chi connectivity index (χ4v) is 4.66. The Morgan fingerprint density at radius 3 is 2.66 bits per heavy atom. The number of nitrogens with zero attached hydrogens (tertiary/aromatic N) is 2. The maximum atomic E-state index is 12.9. The average molecular weight is 473 g/mol. The second kappa shape index (κ2) is 9.76. The van der Waals surface area contributed by atoms with Gasteiger partial charge in [-0.05, 0) is 73.7 Å². The van der Waals surface area contributed by atoms with Gasteiger partial charge in [0.1, 0.15) is 11.6 Å². The normalized spacial score (nSPS) is 17.9. The van der Waals surface area contributed by atoms with Crippen LogP contribution < -0.4 is 10.1 Å². The molecule has 0 radical (unpaired) electrons. The van der Waals surface area contributed by atoms with E-state index < -0.39 is 0 Å². The summed E-state index contributed by atoms with van der Waals surface area (Å²) < 4.78 is 10.8. The first-order chi connectivity index (χ1) is 17.1. The van der Waals surface area contributed by atoms with Crippen LogP contribution in [0.1, 0.15) is 36.0 Å². The van der Waals surface area contributed by atoms with E-state index in [1.807, 2.05) is 30.3 Å². The summed E-state index contributed by atoms with van der Waals surface area (Å²) in [6.07, 6.45) is 5.70. The Kier molecular flexibility index (Phi) is 6.37. The van der Waals surface area contributed by atoms with E-state index in [2.05, 4.69) is 20.3 Å². The number of imidazole rings is 1. The third-order valence-corrected chi connectivity index (χ3v) is 6.61. The standard InChI is InChI=1S/C27H28N4O4/c1-34-19-9-7-18(8-10-19)29-26(33)17-5-11-22-23(15-17)31-25(30-22)21-14-16(6-12-24(21)32)20-4-3-13-28-27(20)35-2/h3-6,11-15,18-19,32H,7-10H2,1-2H3,(H,29,33)(H,30,31). The van der Waals surface area contributed by atoms with Crippen molar-refractivity contribution in [3.8, 4) is 34.1 Å². The van der Waals surface area contributed by atoms with Crippen LogP contribution in [0, 0.1) is 0 Å². The fraction of sp³-hybridized carbons (Fsp3) is 0.296. The molecule has 0 unspecified atom stereocenters. The van der Waals surface area contributed by atoms with E-state index in [-0.39, 0.29) is 23.8 Å². The summed E-state index contributed by atoms with van der Waals surface area (Å²) in [5, 5.41) is 13.7. The lowest BCUT2D eigenvalue weighted by molar-refractivity contribution is 0.0599. The van der Waals surface area contributed by atoms with Gasteiger partial charge in [0.25, 0.3) is 5.91 Å². The third-order valence-electron chi connectivity index (χ3n) is 6.61. The molecule has 1 aliphatic rings. The Hall–Kier alpha value is -3.91. The van der Waals surface area contributed by atoms with Crippen LogP contribution in [0.3, 0.4) is 0 Å². The van der Waals surface area contributed by atoms with E-state index in [1.165, 1.54) is 0 Å². The maximum absolute atomic E-state index is 12.9. The Labute approximate surface area is 203 Å². The minimum Gasteiger partial charge on any atom is -0.507 e. The van der Waals surface area contributed by atoms with Crippen molar-refractivity contribution in [1.82, 2.24) is 20.3 Å². The van der Waals surface area contributed by atoms with Crippen molar-refractivity contribution >= 4 is 16.9 Å². The number of carbonyl (C=O) groups excluding carboxylic acids is 1. The van der Waals surface area contributed by atoms with E-state index in [0.29, 0.717) is 28.3 Å².